The lowest BCUT2D eigenvalue weighted by Gasteiger charge is -2.16. The molecule has 2 N–H and O–H groups in total. The van der Waals surface area contributed by atoms with Gasteiger partial charge in [0.05, 0.1) is 6.54 Å². The van der Waals surface area contributed by atoms with E-state index in [-0.39, 0.29) is 30.1 Å². The molecule has 0 amide bonds. The van der Waals surface area contributed by atoms with Crippen LogP contribution in [0.4, 0.5) is 0 Å². The molecule has 128 valence electrons. The summed E-state index contributed by atoms with van der Waals surface area (Å²) in [5.41, 5.74) is 3.84. The van der Waals surface area contributed by atoms with Crippen molar-refractivity contribution < 1.29 is 4.74 Å². The molecule has 1 aliphatic heterocycles. The molecular weight excluding hydrogens is 413 g/mol. The van der Waals surface area contributed by atoms with Gasteiger partial charge in [0.15, 0.2) is 5.96 Å². The van der Waals surface area contributed by atoms with Gasteiger partial charge in [0.25, 0.3) is 0 Å². The van der Waals surface area contributed by atoms with Crippen molar-refractivity contribution in [2.45, 2.75) is 26.0 Å². The van der Waals surface area contributed by atoms with Gasteiger partial charge in [0.2, 0.25) is 0 Å². The second-order valence-electron chi connectivity index (χ2n) is 5.78. The third-order valence-electron chi connectivity index (χ3n) is 4.14. The van der Waals surface area contributed by atoms with Gasteiger partial charge in [-0.1, -0.05) is 42.5 Å². The highest BCUT2D eigenvalue weighted by Crippen LogP contribution is 2.27. The molecule has 0 aromatic heterocycles. The molecule has 3 rings (SSSR count). The number of para-hydroxylation sites is 1. The number of nitrogens with one attached hydrogen (secondary N) is 2. The summed E-state index contributed by atoms with van der Waals surface area (Å²) < 4.78 is 5.94. The fourth-order valence-corrected chi connectivity index (χ4v) is 2.79. The normalized spacial score (nSPS) is 15.9. The van der Waals surface area contributed by atoms with Crippen LogP contribution in [0.25, 0.3) is 0 Å². The summed E-state index contributed by atoms with van der Waals surface area (Å²) in [6.07, 6.45) is 1.10. The molecule has 1 aliphatic rings. The topological polar surface area (TPSA) is 45.7 Å². The molecule has 0 saturated heterocycles. The third-order valence-corrected chi connectivity index (χ3v) is 4.14. The minimum atomic E-state index is 0. The van der Waals surface area contributed by atoms with Crippen molar-refractivity contribution in [2.24, 2.45) is 4.99 Å². The van der Waals surface area contributed by atoms with Crippen molar-refractivity contribution in [3.63, 3.8) is 0 Å². The highest BCUT2D eigenvalue weighted by molar-refractivity contribution is 14.0. The van der Waals surface area contributed by atoms with Gasteiger partial charge >= 0.3 is 0 Å². The first-order valence-corrected chi connectivity index (χ1v) is 8.00. The third kappa shape index (κ3) is 4.63. The van der Waals surface area contributed by atoms with Gasteiger partial charge in [-0.3, -0.25) is 4.99 Å². The van der Waals surface area contributed by atoms with Gasteiger partial charge in [-0.25, -0.2) is 0 Å². The summed E-state index contributed by atoms with van der Waals surface area (Å²) in [7, 11) is 1.79. The van der Waals surface area contributed by atoms with Crippen LogP contribution >= 0.6 is 24.0 Å². The minimum Gasteiger partial charge on any atom is -0.488 e. The van der Waals surface area contributed by atoms with Crippen molar-refractivity contribution in [1.82, 2.24) is 10.6 Å². The zero-order chi connectivity index (χ0) is 16.1. The zero-order valence-electron chi connectivity index (χ0n) is 14.1. The Balaban J connectivity index is 0.00000208. The van der Waals surface area contributed by atoms with E-state index in [4.69, 9.17) is 4.74 Å². The Morgan fingerprint density at radius 2 is 1.88 bits per heavy atom. The van der Waals surface area contributed by atoms with Crippen molar-refractivity contribution >= 4 is 29.9 Å². The Hall–Kier alpha value is -1.76. The van der Waals surface area contributed by atoms with Crippen molar-refractivity contribution in [3.05, 3.63) is 65.2 Å². The highest BCUT2D eigenvalue weighted by Gasteiger charge is 2.22. The lowest BCUT2D eigenvalue weighted by Crippen LogP contribution is -2.42. The van der Waals surface area contributed by atoms with Crippen LogP contribution in [-0.2, 0) is 13.0 Å². The summed E-state index contributed by atoms with van der Waals surface area (Å²) in [6, 6.07) is 16.6. The standard InChI is InChI=1S/C19H23N3O.HI/c1-14-7-3-4-9-16(14)12-21-19(20-2)22-13-17-11-15-8-5-6-10-18(15)23-17;/h3-10,17H,11-13H2,1-2H3,(H2,20,21,22);1H. The van der Waals surface area contributed by atoms with Crippen molar-refractivity contribution in [2.75, 3.05) is 13.6 Å². The Morgan fingerprint density at radius 1 is 1.12 bits per heavy atom. The fourth-order valence-electron chi connectivity index (χ4n) is 2.79. The summed E-state index contributed by atoms with van der Waals surface area (Å²) in [5.74, 6) is 1.80. The maximum Gasteiger partial charge on any atom is 0.191 e. The number of ether oxygens (including phenoxy) is 1. The number of benzene rings is 2. The summed E-state index contributed by atoms with van der Waals surface area (Å²) in [6.45, 7) is 3.62. The van der Waals surface area contributed by atoms with Gasteiger partial charge in [0.1, 0.15) is 11.9 Å². The molecular formula is C19H24IN3O. The number of rotatable bonds is 4. The lowest BCUT2D eigenvalue weighted by molar-refractivity contribution is 0.235. The predicted molar refractivity (Wildman–Crippen MR) is 109 cm³/mol. The van der Waals surface area contributed by atoms with Gasteiger partial charge < -0.3 is 15.4 Å². The van der Waals surface area contributed by atoms with Gasteiger partial charge in [0, 0.05) is 20.0 Å². The maximum absolute atomic E-state index is 5.94. The Bertz CT molecular complexity index is 678. The molecule has 1 heterocycles. The lowest BCUT2D eigenvalue weighted by atomic mass is 10.1. The van der Waals surface area contributed by atoms with Crippen LogP contribution in [0, 0.1) is 6.92 Å². The monoisotopic (exact) mass is 437 g/mol. The van der Waals surface area contributed by atoms with Crippen LogP contribution in [-0.4, -0.2) is 25.7 Å². The molecule has 0 radical (unpaired) electrons. The number of aryl methyl sites for hydroxylation is 1. The zero-order valence-corrected chi connectivity index (χ0v) is 16.4. The van der Waals surface area contributed by atoms with Crippen LogP contribution in [0.5, 0.6) is 5.75 Å². The number of nitrogens with zero attached hydrogens (tertiary/aromatic N) is 1. The molecule has 5 heteroatoms. The molecule has 0 saturated carbocycles. The maximum atomic E-state index is 5.94. The van der Waals surface area contributed by atoms with E-state index < -0.39 is 0 Å². The summed E-state index contributed by atoms with van der Waals surface area (Å²) in [4.78, 5) is 4.28. The van der Waals surface area contributed by atoms with E-state index in [1.54, 1.807) is 7.05 Å². The van der Waals surface area contributed by atoms with Crippen LogP contribution < -0.4 is 15.4 Å². The van der Waals surface area contributed by atoms with E-state index in [1.807, 2.05) is 12.1 Å². The summed E-state index contributed by atoms with van der Waals surface area (Å²) >= 11 is 0. The van der Waals surface area contributed by atoms with Crippen LogP contribution in [0.1, 0.15) is 16.7 Å². The first-order chi connectivity index (χ1) is 11.3. The van der Waals surface area contributed by atoms with E-state index in [1.165, 1.54) is 16.7 Å². The molecule has 2 aromatic carbocycles. The molecule has 24 heavy (non-hydrogen) atoms. The number of halogens is 1. The first kappa shape index (κ1) is 18.6. The summed E-state index contributed by atoms with van der Waals surface area (Å²) in [5, 5.41) is 6.70. The van der Waals surface area contributed by atoms with Gasteiger partial charge in [-0.15, -0.1) is 24.0 Å². The van der Waals surface area contributed by atoms with Crippen molar-refractivity contribution in [3.8, 4) is 5.75 Å². The quantitative estimate of drug-likeness (QED) is 0.439. The second kappa shape index (κ2) is 8.92. The average molecular weight is 437 g/mol. The van der Waals surface area contributed by atoms with Crippen molar-refractivity contribution in [1.29, 1.82) is 0 Å². The second-order valence-corrected chi connectivity index (χ2v) is 5.78. The van der Waals surface area contributed by atoms with E-state index in [2.05, 4.69) is 58.9 Å². The Kier molecular flexibility index (Phi) is 6.90. The largest absolute Gasteiger partial charge is 0.488 e. The van der Waals surface area contributed by atoms with Gasteiger partial charge in [-0.05, 0) is 29.7 Å². The highest BCUT2D eigenvalue weighted by atomic mass is 127. The first-order valence-electron chi connectivity index (χ1n) is 8.00. The fraction of sp³-hybridized carbons (Fsp3) is 0.316. The number of hydrogen-bond acceptors (Lipinski definition) is 2. The molecule has 0 aliphatic carbocycles. The van der Waals surface area contributed by atoms with Crippen LogP contribution in [0.3, 0.4) is 0 Å². The Morgan fingerprint density at radius 3 is 2.62 bits per heavy atom. The van der Waals surface area contributed by atoms with Crippen LogP contribution in [0.15, 0.2) is 53.5 Å². The number of guanidine groups is 1. The SMILES string of the molecule is CN=C(NCc1ccccc1C)NCC1Cc2ccccc2O1.I. The van der Waals surface area contributed by atoms with E-state index in [0.29, 0.717) is 0 Å². The number of aliphatic imine (C=N–C) groups is 1. The van der Waals surface area contributed by atoms with Gasteiger partial charge in [-0.2, -0.15) is 0 Å². The van der Waals surface area contributed by atoms with Crippen LogP contribution in [0.2, 0.25) is 0 Å². The van der Waals surface area contributed by atoms with E-state index >= 15 is 0 Å². The number of fused-ring (bicyclic) bond motifs is 1. The molecule has 1 atom stereocenters. The van der Waals surface area contributed by atoms with E-state index in [0.717, 1.165) is 31.2 Å². The molecule has 2 aromatic rings. The molecule has 0 spiro atoms. The molecule has 4 nitrogen and oxygen atoms in total. The minimum absolute atomic E-state index is 0. The molecule has 1 unspecified atom stereocenters. The Labute approximate surface area is 160 Å². The number of hydrogen-bond donors (Lipinski definition) is 2. The molecule has 0 bridgehead atoms. The smallest absolute Gasteiger partial charge is 0.191 e. The average Bonchev–Trinajstić information content (AvgIpc) is 2.99. The predicted octanol–water partition coefficient (Wildman–Crippen LogP) is 3.28. The molecule has 0 fully saturated rings. The van der Waals surface area contributed by atoms with E-state index in [9.17, 15) is 0 Å².